The van der Waals surface area contributed by atoms with Crippen molar-refractivity contribution in [3.63, 3.8) is 0 Å². The minimum absolute atomic E-state index is 0.0926. The third kappa shape index (κ3) is 3.68. The highest BCUT2D eigenvalue weighted by molar-refractivity contribution is 5.81. The van der Waals surface area contributed by atoms with Crippen LogP contribution in [0.3, 0.4) is 0 Å². The summed E-state index contributed by atoms with van der Waals surface area (Å²) < 4.78 is 5.56. The largest absolute Gasteiger partial charge is 0.366 e. The Morgan fingerprint density at radius 1 is 1.35 bits per heavy atom. The lowest BCUT2D eigenvalue weighted by Gasteiger charge is -2.32. The summed E-state index contributed by atoms with van der Waals surface area (Å²) in [6.45, 7) is 5.49. The Bertz CT molecular complexity index is 252. The van der Waals surface area contributed by atoms with Crippen LogP contribution in [0.1, 0.15) is 39.0 Å². The summed E-state index contributed by atoms with van der Waals surface area (Å²) in [6, 6.07) is 0.386. The first-order valence-electron chi connectivity index (χ1n) is 6.94. The highest BCUT2D eigenvalue weighted by Crippen LogP contribution is 2.17. The topological polar surface area (TPSA) is 41.6 Å². The van der Waals surface area contributed by atoms with E-state index >= 15 is 0 Å². The monoisotopic (exact) mass is 240 g/mol. The summed E-state index contributed by atoms with van der Waals surface area (Å²) in [7, 11) is 0. The second-order valence-corrected chi connectivity index (χ2v) is 5.10. The maximum Gasteiger partial charge on any atom is 0.250 e. The number of hydrogen-bond acceptors (Lipinski definition) is 3. The zero-order valence-electron chi connectivity index (χ0n) is 10.8. The van der Waals surface area contributed by atoms with Crippen molar-refractivity contribution in [3.05, 3.63) is 0 Å². The van der Waals surface area contributed by atoms with Crippen LogP contribution in [0.5, 0.6) is 0 Å². The van der Waals surface area contributed by atoms with Crippen molar-refractivity contribution in [2.45, 2.75) is 51.2 Å². The number of nitrogens with zero attached hydrogens (tertiary/aromatic N) is 1. The van der Waals surface area contributed by atoms with Crippen LogP contribution in [0.25, 0.3) is 0 Å². The van der Waals surface area contributed by atoms with Gasteiger partial charge in [-0.25, -0.2) is 0 Å². The van der Waals surface area contributed by atoms with Crippen molar-refractivity contribution in [2.24, 2.45) is 0 Å². The van der Waals surface area contributed by atoms with Crippen LogP contribution in [0.4, 0.5) is 0 Å². The summed E-state index contributed by atoms with van der Waals surface area (Å²) in [4.78, 5) is 14.3. The van der Waals surface area contributed by atoms with E-state index in [1.54, 1.807) is 0 Å². The van der Waals surface area contributed by atoms with E-state index in [0.29, 0.717) is 12.6 Å². The van der Waals surface area contributed by atoms with E-state index in [9.17, 15) is 4.79 Å². The van der Waals surface area contributed by atoms with E-state index in [4.69, 9.17) is 4.74 Å². The molecular weight excluding hydrogens is 216 g/mol. The molecule has 1 atom stereocenters. The highest BCUT2D eigenvalue weighted by atomic mass is 16.5. The van der Waals surface area contributed by atoms with Gasteiger partial charge in [-0.15, -0.1) is 0 Å². The van der Waals surface area contributed by atoms with E-state index in [1.807, 2.05) is 0 Å². The molecule has 1 saturated heterocycles. The van der Waals surface area contributed by atoms with Gasteiger partial charge in [-0.2, -0.15) is 0 Å². The minimum Gasteiger partial charge on any atom is -0.366 e. The van der Waals surface area contributed by atoms with E-state index < -0.39 is 0 Å². The Morgan fingerprint density at radius 2 is 2.12 bits per heavy atom. The molecule has 17 heavy (non-hydrogen) atoms. The molecule has 1 aliphatic carbocycles. The third-order valence-electron chi connectivity index (χ3n) is 3.84. The van der Waals surface area contributed by atoms with Gasteiger partial charge in [-0.05, 0) is 19.4 Å². The molecule has 0 aromatic carbocycles. The zero-order valence-corrected chi connectivity index (χ0v) is 10.8. The van der Waals surface area contributed by atoms with Crippen molar-refractivity contribution < 1.29 is 9.53 Å². The first-order chi connectivity index (χ1) is 8.29. The van der Waals surface area contributed by atoms with E-state index in [1.165, 1.54) is 19.3 Å². The quantitative estimate of drug-likeness (QED) is 0.805. The van der Waals surface area contributed by atoms with Gasteiger partial charge in [0, 0.05) is 19.1 Å². The number of likely N-dealkylation sites (N-methyl/N-ethyl adjacent to an activating group) is 1. The Kier molecular flexibility index (Phi) is 4.80. The Balaban J connectivity index is 1.78. The summed E-state index contributed by atoms with van der Waals surface area (Å²) in [6.07, 6.45) is 5.82. The van der Waals surface area contributed by atoms with Crippen LogP contribution in [-0.2, 0) is 9.53 Å². The second kappa shape index (κ2) is 6.36. The fourth-order valence-corrected chi connectivity index (χ4v) is 2.69. The van der Waals surface area contributed by atoms with Gasteiger partial charge >= 0.3 is 0 Å². The maximum atomic E-state index is 12.1. The van der Waals surface area contributed by atoms with Gasteiger partial charge in [-0.1, -0.05) is 26.2 Å². The molecular formula is C13H24N2O2. The molecule has 2 aliphatic rings. The molecule has 0 bridgehead atoms. The number of hydrogen-bond donors (Lipinski definition) is 1. The smallest absolute Gasteiger partial charge is 0.250 e. The van der Waals surface area contributed by atoms with E-state index in [2.05, 4.69) is 17.1 Å². The molecule has 1 saturated carbocycles. The van der Waals surface area contributed by atoms with Gasteiger partial charge in [0.1, 0.15) is 6.10 Å². The van der Waals surface area contributed by atoms with Crippen LogP contribution in [-0.4, -0.2) is 49.2 Å². The number of carbonyl (C=O) groups is 1. The number of morpholine rings is 1. The number of rotatable bonds is 3. The van der Waals surface area contributed by atoms with Crippen LogP contribution >= 0.6 is 0 Å². The third-order valence-corrected chi connectivity index (χ3v) is 3.84. The SMILES string of the molecule is CCN1CCOC(C(=O)NC2CCCCC2)C1. The van der Waals surface area contributed by atoms with Gasteiger partial charge in [0.25, 0.3) is 5.91 Å². The lowest BCUT2D eigenvalue weighted by molar-refractivity contribution is -0.139. The molecule has 2 fully saturated rings. The molecule has 4 nitrogen and oxygen atoms in total. The Labute approximate surface area is 104 Å². The summed E-state index contributed by atoms with van der Waals surface area (Å²) in [5.41, 5.74) is 0. The molecule has 1 amide bonds. The Hall–Kier alpha value is -0.610. The van der Waals surface area contributed by atoms with Crippen LogP contribution in [0.15, 0.2) is 0 Å². The van der Waals surface area contributed by atoms with Crippen molar-refractivity contribution in [2.75, 3.05) is 26.2 Å². The molecule has 0 aromatic heterocycles. The minimum atomic E-state index is -0.259. The van der Waals surface area contributed by atoms with Gasteiger partial charge in [0.05, 0.1) is 6.61 Å². The number of carbonyl (C=O) groups excluding carboxylic acids is 1. The molecule has 1 aliphatic heterocycles. The molecule has 1 unspecified atom stereocenters. The zero-order chi connectivity index (χ0) is 12.1. The second-order valence-electron chi connectivity index (χ2n) is 5.10. The number of ether oxygens (including phenoxy) is 1. The highest BCUT2D eigenvalue weighted by Gasteiger charge is 2.27. The van der Waals surface area contributed by atoms with Crippen LogP contribution in [0.2, 0.25) is 0 Å². The van der Waals surface area contributed by atoms with Crippen LogP contribution < -0.4 is 5.32 Å². The lowest BCUT2D eigenvalue weighted by Crippen LogP contribution is -2.51. The first-order valence-corrected chi connectivity index (χ1v) is 6.94. The first kappa shape index (κ1) is 12.8. The van der Waals surface area contributed by atoms with Gasteiger partial charge in [-0.3, -0.25) is 9.69 Å². The Morgan fingerprint density at radius 3 is 2.82 bits per heavy atom. The average molecular weight is 240 g/mol. The van der Waals surface area contributed by atoms with Crippen molar-refractivity contribution in [1.82, 2.24) is 10.2 Å². The molecule has 1 N–H and O–H groups in total. The molecule has 0 spiro atoms. The number of nitrogens with one attached hydrogen (secondary N) is 1. The predicted molar refractivity (Wildman–Crippen MR) is 66.9 cm³/mol. The number of amides is 1. The molecule has 0 aromatic rings. The van der Waals surface area contributed by atoms with Crippen LogP contribution in [0, 0.1) is 0 Å². The van der Waals surface area contributed by atoms with Gasteiger partial charge < -0.3 is 10.1 Å². The molecule has 1 heterocycles. The van der Waals surface area contributed by atoms with E-state index in [-0.39, 0.29) is 12.0 Å². The lowest BCUT2D eigenvalue weighted by atomic mass is 9.95. The molecule has 2 rings (SSSR count). The summed E-state index contributed by atoms with van der Waals surface area (Å²) in [5.74, 6) is 0.0926. The standard InChI is InChI=1S/C13H24N2O2/c1-2-15-8-9-17-12(10-15)13(16)14-11-6-4-3-5-7-11/h11-12H,2-10H2,1H3,(H,14,16). The summed E-state index contributed by atoms with van der Waals surface area (Å²) >= 11 is 0. The van der Waals surface area contributed by atoms with Crippen molar-refractivity contribution in [1.29, 1.82) is 0 Å². The van der Waals surface area contributed by atoms with Gasteiger partial charge in [0.2, 0.25) is 0 Å². The van der Waals surface area contributed by atoms with Crippen molar-refractivity contribution in [3.8, 4) is 0 Å². The fourth-order valence-electron chi connectivity index (χ4n) is 2.69. The molecule has 4 heteroatoms. The maximum absolute atomic E-state index is 12.1. The van der Waals surface area contributed by atoms with E-state index in [0.717, 1.165) is 32.5 Å². The normalized spacial score (nSPS) is 27.9. The molecule has 98 valence electrons. The molecule has 0 radical (unpaired) electrons. The summed E-state index contributed by atoms with van der Waals surface area (Å²) in [5, 5.41) is 3.14. The van der Waals surface area contributed by atoms with Gasteiger partial charge in [0.15, 0.2) is 0 Å². The predicted octanol–water partition coefficient (Wildman–Crippen LogP) is 1.16. The average Bonchev–Trinajstić information content (AvgIpc) is 2.40. The van der Waals surface area contributed by atoms with Crippen molar-refractivity contribution >= 4 is 5.91 Å². The fraction of sp³-hybridized carbons (Fsp3) is 0.923.